The smallest absolute Gasteiger partial charge is 0.310 e. The number of carbonyl (C=O) groups is 3. The number of benzene rings is 2. The third-order valence-electron chi connectivity index (χ3n) is 7.38. The molecule has 0 spiro atoms. The Morgan fingerprint density at radius 2 is 1.95 bits per heavy atom. The highest BCUT2D eigenvalue weighted by molar-refractivity contribution is 7.10. The molecule has 2 aromatic carbocycles. The number of nitrogens with zero attached hydrogens (tertiary/aromatic N) is 1. The van der Waals surface area contributed by atoms with E-state index in [1.807, 2.05) is 17.5 Å². The van der Waals surface area contributed by atoms with Gasteiger partial charge in [-0.25, -0.2) is 4.98 Å². The van der Waals surface area contributed by atoms with Gasteiger partial charge < -0.3 is 16.0 Å². The molecule has 0 aliphatic heterocycles. The zero-order valence-corrected chi connectivity index (χ0v) is 23.2. The largest absolute Gasteiger partial charge is 0.344 e. The summed E-state index contributed by atoms with van der Waals surface area (Å²) >= 11 is 1.39. The fourth-order valence-electron chi connectivity index (χ4n) is 5.12. The minimum absolute atomic E-state index is 0.0189. The molecule has 0 saturated heterocycles. The third kappa shape index (κ3) is 5.65. The lowest BCUT2D eigenvalue weighted by atomic mass is 9.79. The van der Waals surface area contributed by atoms with E-state index in [1.165, 1.54) is 16.9 Å². The van der Waals surface area contributed by atoms with Crippen molar-refractivity contribution in [3.63, 3.8) is 0 Å². The number of amides is 2. The first kappa shape index (κ1) is 27.2. The van der Waals surface area contributed by atoms with E-state index in [0.29, 0.717) is 22.1 Å². The van der Waals surface area contributed by atoms with Gasteiger partial charge in [-0.15, -0.1) is 11.3 Å². The summed E-state index contributed by atoms with van der Waals surface area (Å²) in [5, 5.41) is 16.6. The Balaban J connectivity index is 1.26. The van der Waals surface area contributed by atoms with Gasteiger partial charge in [0.2, 0.25) is 5.78 Å². The predicted octanol–water partition coefficient (Wildman–Crippen LogP) is 4.46. The lowest BCUT2D eigenvalue weighted by Crippen LogP contribution is -2.43. The number of hydrogen-bond acceptors (Lipinski definition) is 6. The summed E-state index contributed by atoms with van der Waals surface area (Å²) in [6, 6.07) is 12.6. The molecule has 1 unspecified atom stereocenters. The van der Waals surface area contributed by atoms with Gasteiger partial charge in [-0.2, -0.15) is 0 Å². The topological polar surface area (TPSA) is 112 Å². The molecule has 2 aliphatic carbocycles. The number of carbonyl (C=O) groups excluding carboxylic acids is 3. The first-order valence-corrected chi connectivity index (χ1v) is 14.2. The molecule has 3 N–H and O–H groups in total. The molecule has 1 saturated carbocycles. The van der Waals surface area contributed by atoms with Gasteiger partial charge in [-0.1, -0.05) is 67.5 Å². The second-order valence-electron chi connectivity index (χ2n) is 10.3. The number of aromatic nitrogens is 1. The van der Waals surface area contributed by atoms with Crippen LogP contribution in [0.2, 0.25) is 0 Å². The monoisotopic (exact) mass is 550 g/mol. The second kappa shape index (κ2) is 11.4. The molecule has 0 bridgehead atoms. The fraction of sp³-hybridized carbons (Fsp3) is 0.281. The van der Waals surface area contributed by atoms with Gasteiger partial charge in [0.1, 0.15) is 0 Å². The summed E-state index contributed by atoms with van der Waals surface area (Å²) in [6.45, 7) is 3.84. The molecule has 202 valence electrons. The van der Waals surface area contributed by atoms with Crippen LogP contribution in [0.25, 0.3) is 6.08 Å². The summed E-state index contributed by atoms with van der Waals surface area (Å²) in [4.78, 5) is 42.6. The maximum absolute atomic E-state index is 13.7. The van der Waals surface area contributed by atoms with Crippen LogP contribution in [0, 0.1) is 23.2 Å². The Bertz CT molecular complexity index is 1570. The standard InChI is InChI=1S/C32H30N4O3S/c1-20-10-12-24-22(18-20)7-5-9-26(24)32(14-15-32)29(33)28(37)25-8-4-3-6-23(25)19-35-30(38)31(39)36-21(2)11-13-27-34-16-17-40-27/h3-10,12,16-17,20-21,33H,14-15,18-19H2,1-2H3,(H,35,38)(H,36,39)/t20?,21-/m0/s1. The molecule has 2 aliphatic rings. The zero-order valence-electron chi connectivity index (χ0n) is 22.4. The second-order valence-corrected chi connectivity index (χ2v) is 11.2. The van der Waals surface area contributed by atoms with Crippen LogP contribution < -0.4 is 10.6 Å². The molecule has 1 heterocycles. The van der Waals surface area contributed by atoms with E-state index in [9.17, 15) is 14.4 Å². The van der Waals surface area contributed by atoms with Crippen molar-refractivity contribution in [2.75, 3.05) is 0 Å². The minimum atomic E-state index is -0.823. The molecule has 5 rings (SSSR count). The first-order valence-electron chi connectivity index (χ1n) is 13.3. The summed E-state index contributed by atoms with van der Waals surface area (Å²) < 4.78 is 0. The van der Waals surface area contributed by atoms with E-state index in [0.717, 1.165) is 30.4 Å². The summed E-state index contributed by atoms with van der Waals surface area (Å²) in [6.07, 6.45) is 8.42. The number of allylic oxidation sites excluding steroid dienone is 1. The lowest BCUT2D eigenvalue weighted by molar-refractivity contribution is -0.139. The van der Waals surface area contributed by atoms with E-state index < -0.39 is 23.3 Å². The number of hydrogen-bond donors (Lipinski definition) is 3. The Morgan fingerprint density at radius 3 is 2.70 bits per heavy atom. The van der Waals surface area contributed by atoms with Crippen molar-refractivity contribution in [1.29, 1.82) is 5.41 Å². The van der Waals surface area contributed by atoms with Gasteiger partial charge in [0, 0.05) is 29.1 Å². The number of nitrogens with one attached hydrogen (secondary N) is 3. The quantitative estimate of drug-likeness (QED) is 0.175. The highest BCUT2D eigenvalue weighted by Gasteiger charge is 2.52. The minimum Gasteiger partial charge on any atom is -0.344 e. The van der Waals surface area contributed by atoms with Crippen LogP contribution in [0.3, 0.4) is 0 Å². The van der Waals surface area contributed by atoms with E-state index in [-0.39, 0.29) is 18.0 Å². The van der Waals surface area contributed by atoms with Crippen molar-refractivity contribution in [1.82, 2.24) is 15.6 Å². The molecular weight excluding hydrogens is 520 g/mol. The van der Waals surface area contributed by atoms with Crippen molar-refractivity contribution >= 4 is 40.7 Å². The van der Waals surface area contributed by atoms with Crippen molar-refractivity contribution in [3.8, 4) is 11.8 Å². The van der Waals surface area contributed by atoms with Crippen molar-refractivity contribution < 1.29 is 14.4 Å². The predicted molar refractivity (Wildman–Crippen MR) is 156 cm³/mol. The number of fused-ring (bicyclic) bond motifs is 1. The van der Waals surface area contributed by atoms with Gasteiger partial charge in [0.05, 0.1) is 11.8 Å². The van der Waals surface area contributed by atoms with Gasteiger partial charge in [-0.05, 0) is 60.3 Å². The maximum atomic E-state index is 13.7. The van der Waals surface area contributed by atoms with Crippen LogP contribution in [-0.4, -0.2) is 34.3 Å². The summed E-state index contributed by atoms with van der Waals surface area (Å²) in [7, 11) is 0. The number of ketones is 1. The molecule has 8 heteroatoms. The van der Waals surface area contributed by atoms with Crippen LogP contribution >= 0.6 is 11.3 Å². The number of Topliss-reactive ketones (excluding diaryl/α,β-unsaturated/α-hetero) is 1. The molecule has 1 fully saturated rings. The average Bonchev–Trinajstić information content (AvgIpc) is 3.60. The molecular formula is C32H30N4O3S. The highest BCUT2D eigenvalue weighted by Crippen LogP contribution is 2.52. The Hall–Kier alpha value is -4.35. The van der Waals surface area contributed by atoms with Crippen LogP contribution in [-0.2, 0) is 28.0 Å². The Labute approximate surface area is 237 Å². The molecule has 3 aromatic rings. The zero-order chi connectivity index (χ0) is 28.3. The van der Waals surface area contributed by atoms with Crippen LogP contribution in [0.4, 0.5) is 0 Å². The van der Waals surface area contributed by atoms with E-state index in [4.69, 9.17) is 5.41 Å². The fourth-order valence-corrected chi connectivity index (χ4v) is 5.61. The average molecular weight is 551 g/mol. The molecule has 2 amide bonds. The normalized spacial score (nSPS) is 17.0. The number of thiazole rings is 1. The highest BCUT2D eigenvalue weighted by atomic mass is 32.1. The van der Waals surface area contributed by atoms with Crippen LogP contribution in [0.15, 0.2) is 60.1 Å². The molecule has 2 atom stereocenters. The van der Waals surface area contributed by atoms with Gasteiger partial charge in [0.25, 0.3) is 0 Å². The Morgan fingerprint density at radius 1 is 1.15 bits per heavy atom. The SMILES string of the molecule is CC1C=Cc2c(cccc2C2(C(=N)C(=O)c3ccccc3CNC(=O)C(=O)N[C@@H](C)C#Cc3nccs3)CC2)C1. The van der Waals surface area contributed by atoms with Crippen LogP contribution in [0.5, 0.6) is 0 Å². The molecule has 7 nitrogen and oxygen atoms in total. The maximum Gasteiger partial charge on any atom is 0.310 e. The van der Waals surface area contributed by atoms with Gasteiger partial charge in [0.15, 0.2) is 5.01 Å². The number of rotatable bonds is 7. The van der Waals surface area contributed by atoms with Crippen molar-refractivity contribution in [2.45, 2.75) is 51.1 Å². The molecule has 1 aromatic heterocycles. The van der Waals surface area contributed by atoms with Crippen molar-refractivity contribution in [2.24, 2.45) is 5.92 Å². The van der Waals surface area contributed by atoms with Crippen LogP contribution in [0.1, 0.15) is 64.3 Å². The van der Waals surface area contributed by atoms with E-state index >= 15 is 0 Å². The van der Waals surface area contributed by atoms with Crippen molar-refractivity contribution in [3.05, 3.63) is 92.9 Å². The summed E-state index contributed by atoms with van der Waals surface area (Å²) in [5.74, 6) is 4.17. The van der Waals surface area contributed by atoms with E-state index in [2.05, 4.69) is 52.6 Å². The Kier molecular flexibility index (Phi) is 7.76. The third-order valence-corrected chi connectivity index (χ3v) is 8.07. The lowest BCUT2D eigenvalue weighted by Gasteiger charge is -2.24. The van der Waals surface area contributed by atoms with Gasteiger partial charge >= 0.3 is 11.8 Å². The summed E-state index contributed by atoms with van der Waals surface area (Å²) in [5.41, 5.74) is 3.81. The molecule has 40 heavy (non-hydrogen) atoms. The van der Waals surface area contributed by atoms with Gasteiger partial charge in [-0.3, -0.25) is 14.4 Å². The van der Waals surface area contributed by atoms with E-state index in [1.54, 1.807) is 37.4 Å². The molecule has 0 radical (unpaired) electrons. The first-order chi connectivity index (χ1) is 19.3.